The topological polar surface area (TPSA) is 29.1 Å². The van der Waals surface area contributed by atoms with Crippen LogP contribution >= 0.6 is 11.6 Å². The van der Waals surface area contributed by atoms with Crippen LogP contribution in [0, 0.1) is 17.8 Å². The molecule has 0 spiro atoms. The van der Waals surface area contributed by atoms with E-state index in [9.17, 15) is 4.79 Å². The minimum Gasteiger partial charge on any atom is -0.354 e. The van der Waals surface area contributed by atoms with Crippen molar-refractivity contribution in [2.75, 3.05) is 6.54 Å². The number of carbonyl (C=O) groups is 1. The third kappa shape index (κ3) is 4.79. The van der Waals surface area contributed by atoms with E-state index in [0.717, 1.165) is 31.6 Å². The molecule has 18 heavy (non-hydrogen) atoms. The Hall–Kier alpha value is -0.240. The zero-order valence-electron chi connectivity index (χ0n) is 12.0. The number of halogens is 1. The first-order valence-corrected chi connectivity index (χ1v) is 7.93. The number of hydrogen-bond donors (Lipinski definition) is 1. The number of rotatable bonds is 6. The molecule has 1 aliphatic rings. The number of alkyl halides is 1. The average molecular weight is 274 g/mol. The summed E-state index contributed by atoms with van der Waals surface area (Å²) in [5.74, 6) is 1.75. The Balaban J connectivity index is 2.28. The SMILES string of the molecule is CCC(CC)C(Cl)CNC(=O)C1CCC(C)CC1. The van der Waals surface area contributed by atoms with E-state index in [4.69, 9.17) is 11.6 Å². The predicted molar refractivity (Wildman–Crippen MR) is 77.8 cm³/mol. The molecule has 0 bridgehead atoms. The fourth-order valence-electron chi connectivity index (χ4n) is 2.83. The van der Waals surface area contributed by atoms with Gasteiger partial charge < -0.3 is 5.32 Å². The van der Waals surface area contributed by atoms with E-state index in [2.05, 4.69) is 26.1 Å². The maximum absolute atomic E-state index is 12.0. The molecule has 0 aromatic heterocycles. The Bertz CT molecular complexity index is 245. The molecule has 1 rings (SSSR count). The van der Waals surface area contributed by atoms with Gasteiger partial charge in [-0.15, -0.1) is 11.6 Å². The van der Waals surface area contributed by atoms with Crippen LogP contribution in [0.1, 0.15) is 59.3 Å². The zero-order valence-corrected chi connectivity index (χ0v) is 12.8. The van der Waals surface area contributed by atoms with Crippen LogP contribution in [-0.2, 0) is 4.79 Å². The van der Waals surface area contributed by atoms with Crippen LogP contribution in [-0.4, -0.2) is 17.8 Å². The van der Waals surface area contributed by atoms with E-state index in [1.165, 1.54) is 12.8 Å². The Kier molecular flexibility index (Phi) is 7.06. The van der Waals surface area contributed by atoms with Crippen molar-refractivity contribution in [1.29, 1.82) is 0 Å². The fourth-order valence-corrected chi connectivity index (χ4v) is 3.27. The smallest absolute Gasteiger partial charge is 0.223 e. The molecule has 1 N–H and O–H groups in total. The summed E-state index contributed by atoms with van der Waals surface area (Å²) in [4.78, 5) is 12.0. The van der Waals surface area contributed by atoms with Gasteiger partial charge in [0, 0.05) is 12.5 Å². The van der Waals surface area contributed by atoms with Crippen molar-refractivity contribution >= 4 is 17.5 Å². The van der Waals surface area contributed by atoms with Gasteiger partial charge in [0.15, 0.2) is 0 Å². The molecule has 1 amide bonds. The predicted octanol–water partition coefficient (Wildman–Crippen LogP) is 3.97. The van der Waals surface area contributed by atoms with E-state index in [1.54, 1.807) is 0 Å². The highest BCUT2D eigenvalue weighted by atomic mass is 35.5. The molecule has 1 aliphatic carbocycles. The van der Waals surface area contributed by atoms with E-state index in [1.807, 2.05) is 0 Å². The maximum Gasteiger partial charge on any atom is 0.223 e. The van der Waals surface area contributed by atoms with Crippen molar-refractivity contribution in [2.24, 2.45) is 17.8 Å². The summed E-state index contributed by atoms with van der Waals surface area (Å²) in [6, 6.07) is 0. The summed E-state index contributed by atoms with van der Waals surface area (Å²) < 4.78 is 0. The molecule has 1 saturated carbocycles. The Morgan fingerprint density at radius 2 is 1.78 bits per heavy atom. The maximum atomic E-state index is 12.0. The summed E-state index contributed by atoms with van der Waals surface area (Å²) >= 11 is 6.34. The molecule has 2 nitrogen and oxygen atoms in total. The summed E-state index contributed by atoms with van der Waals surface area (Å²) in [6.07, 6.45) is 6.64. The molecule has 106 valence electrons. The molecule has 1 atom stereocenters. The normalized spacial score (nSPS) is 26.1. The van der Waals surface area contributed by atoms with Gasteiger partial charge in [-0.2, -0.15) is 0 Å². The monoisotopic (exact) mass is 273 g/mol. The van der Waals surface area contributed by atoms with Gasteiger partial charge in [0.05, 0.1) is 5.38 Å². The molecule has 0 aliphatic heterocycles. The first-order chi connectivity index (χ1) is 8.58. The van der Waals surface area contributed by atoms with Gasteiger partial charge in [0.1, 0.15) is 0 Å². The average Bonchev–Trinajstić information content (AvgIpc) is 2.38. The van der Waals surface area contributed by atoms with Gasteiger partial charge in [0.25, 0.3) is 0 Å². The lowest BCUT2D eigenvalue weighted by Gasteiger charge is -2.26. The minimum absolute atomic E-state index is 0.0754. The van der Waals surface area contributed by atoms with Crippen LogP contribution in [0.3, 0.4) is 0 Å². The van der Waals surface area contributed by atoms with E-state index in [0.29, 0.717) is 12.5 Å². The summed E-state index contributed by atoms with van der Waals surface area (Å²) in [5.41, 5.74) is 0. The van der Waals surface area contributed by atoms with Gasteiger partial charge in [-0.25, -0.2) is 0 Å². The van der Waals surface area contributed by atoms with E-state index >= 15 is 0 Å². The van der Waals surface area contributed by atoms with E-state index < -0.39 is 0 Å². The molecule has 0 aromatic rings. The lowest BCUT2D eigenvalue weighted by atomic mass is 9.82. The van der Waals surface area contributed by atoms with Gasteiger partial charge in [-0.3, -0.25) is 4.79 Å². The van der Waals surface area contributed by atoms with Crippen molar-refractivity contribution in [3.8, 4) is 0 Å². The second-order valence-electron chi connectivity index (χ2n) is 5.79. The summed E-state index contributed by atoms with van der Waals surface area (Å²) in [6.45, 7) is 7.22. The van der Waals surface area contributed by atoms with Crippen LogP contribution in [0.5, 0.6) is 0 Å². The van der Waals surface area contributed by atoms with Crippen molar-refractivity contribution < 1.29 is 4.79 Å². The standard InChI is InChI=1S/C15H28ClNO/c1-4-12(5-2)14(16)10-17-15(18)13-8-6-11(3)7-9-13/h11-14H,4-10H2,1-3H3,(H,17,18). The lowest BCUT2D eigenvalue weighted by molar-refractivity contribution is -0.126. The number of carbonyl (C=O) groups excluding carboxylic acids is 1. The highest BCUT2D eigenvalue weighted by Crippen LogP contribution is 2.28. The van der Waals surface area contributed by atoms with Crippen molar-refractivity contribution in [1.82, 2.24) is 5.32 Å². The third-order valence-electron chi connectivity index (χ3n) is 4.42. The molecule has 1 unspecified atom stereocenters. The molecule has 1 fully saturated rings. The fraction of sp³-hybridized carbons (Fsp3) is 0.933. The molecule has 0 aromatic carbocycles. The Morgan fingerprint density at radius 1 is 1.22 bits per heavy atom. The quantitative estimate of drug-likeness (QED) is 0.729. The lowest BCUT2D eigenvalue weighted by Crippen LogP contribution is -2.38. The molecule has 0 radical (unpaired) electrons. The van der Waals surface area contributed by atoms with Crippen LogP contribution < -0.4 is 5.32 Å². The van der Waals surface area contributed by atoms with Crippen molar-refractivity contribution in [2.45, 2.75) is 64.7 Å². The van der Waals surface area contributed by atoms with E-state index in [-0.39, 0.29) is 17.2 Å². The highest BCUT2D eigenvalue weighted by Gasteiger charge is 2.25. The van der Waals surface area contributed by atoms with Gasteiger partial charge in [0.2, 0.25) is 5.91 Å². The summed E-state index contributed by atoms with van der Waals surface area (Å²) in [7, 11) is 0. The largest absolute Gasteiger partial charge is 0.354 e. The second-order valence-corrected chi connectivity index (χ2v) is 6.36. The van der Waals surface area contributed by atoms with Crippen LogP contribution in [0.25, 0.3) is 0 Å². The van der Waals surface area contributed by atoms with Crippen molar-refractivity contribution in [3.05, 3.63) is 0 Å². The molecule has 0 saturated heterocycles. The Morgan fingerprint density at radius 3 is 2.28 bits per heavy atom. The van der Waals surface area contributed by atoms with Gasteiger partial charge >= 0.3 is 0 Å². The molecular formula is C15H28ClNO. The number of amides is 1. The molecule has 0 heterocycles. The van der Waals surface area contributed by atoms with Crippen LogP contribution in [0.15, 0.2) is 0 Å². The van der Waals surface area contributed by atoms with Gasteiger partial charge in [-0.05, 0) is 37.5 Å². The second kappa shape index (κ2) is 8.04. The number of hydrogen-bond acceptors (Lipinski definition) is 1. The summed E-state index contributed by atoms with van der Waals surface area (Å²) in [5, 5.41) is 3.12. The molecular weight excluding hydrogens is 246 g/mol. The third-order valence-corrected chi connectivity index (χ3v) is 4.93. The van der Waals surface area contributed by atoms with Gasteiger partial charge in [-0.1, -0.05) is 33.6 Å². The van der Waals surface area contributed by atoms with Crippen LogP contribution in [0.2, 0.25) is 0 Å². The number of nitrogens with one attached hydrogen (secondary N) is 1. The Labute approximate surface area is 117 Å². The van der Waals surface area contributed by atoms with Crippen LogP contribution in [0.4, 0.5) is 0 Å². The molecule has 3 heteroatoms. The zero-order chi connectivity index (χ0) is 13.5. The van der Waals surface area contributed by atoms with Crippen molar-refractivity contribution in [3.63, 3.8) is 0 Å². The first kappa shape index (κ1) is 15.8. The minimum atomic E-state index is 0.0754. The highest BCUT2D eigenvalue weighted by molar-refractivity contribution is 6.21. The first-order valence-electron chi connectivity index (χ1n) is 7.50.